The summed E-state index contributed by atoms with van der Waals surface area (Å²) in [6.07, 6.45) is 4.63. The van der Waals surface area contributed by atoms with E-state index in [0.717, 1.165) is 66.7 Å². The van der Waals surface area contributed by atoms with Crippen LogP contribution in [-0.2, 0) is 24.3 Å². The minimum absolute atomic E-state index is 0.106. The van der Waals surface area contributed by atoms with Crippen molar-refractivity contribution in [2.75, 3.05) is 39.8 Å². The van der Waals surface area contributed by atoms with Gasteiger partial charge in [0.05, 0.1) is 29.3 Å². The van der Waals surface area contributed by atoms with Crippen LogP contribution in [-0.4, -0.2) is 86.8 Å². The van der Waals surface area contributed by atoms with Crippen molar-refractivity contribution in [3.8, 4) is 40.4 Å². The molecule has 0 unspecified atom stereocenters. The lowest BCUT2D eigenvalue weighted by molar-refractivity contribution is -0.120. The second-order valence-electron chi connectivity index (χ2n) is 15.2. The first kappa shape index (κ1) is 36.7. The molecule has 3 aromatic heterocycles. The van der Waals surface area contributed by atoms with E-state index in [4.69, 9.17) is 47.5 Å². The zero-order chi connectivity index (χ0) is 38.7. The monoisotopic (exact) mass is 794 g/mol. The van der Waals surface area contributed by atoms with Gasteiger partial charge in [-0.05, 0) is 54.5 Å². The number of rotatable bonds is 10. The Morgan fingerprint density at radius 1 is 1.07 bits per heavy atom. The molecule has 9 rings (SSSR count). The Morgan fingerprint density at radius 2 is 1.88 bits per heavy atom. The van der Waals surface area contributed by atoms with Gasteiger partial charge in [-0.3, -0.25) is 20.0 Å². The van der Waals surface area contributed by atoms with Crippen molar-refractivity contribution in [2.24, 2.45) is 0 Å². The lowest BCUT2D eigenvalue weighted by Gasteiger charge is -2.48. The normalized spacial score (nSPS) is 20.3. The molecule has 3 saturated heterocycles. The van der Waals surface area contributed by atoms with Crippen molar-refractivity contribution in [1.82, 2.24) is 29.7 Å². The lowest BCUT2D eigenvalue weighted by atomic mass is 9.88. The molecule has 1 spiro atoms. The summed E-state index contributed by atoms with van der Waals surface area (Å²) < 4.78 is 20.0. The number of carbonyl (C=O) groups excluding carboxylic acids is 1. The average molecular weight is 796 g/mol. The molecule has 1 aliphatic carbocycles. The fourth-order valence-corrected chi connectivity index (χ4v) is 9.30. The molecular formula is C41H40Cl2N8O5. The van der Waals surface area contributed by atoms with Crippen LogP contribution in [0.25, 0.3) is 33.7 Å². The number of β-amino-alcohol motifs (C(OH)–C–C–N with tert-alkyl or cyclic N) is 1. The topological polar surface area (TPSA) is 166 Å². The van der Waals surface area contributed by atoms with E-state index in [0.29, 0.717) is 66.4 Å². The van der Waals surface area contributed by atoms with Crippen LogP contribution in [0, 0.1) is 16.7 Å². The summed E-state index contributed by atoms with van der Waals surface area (Å²) in [6, 6.07) is 15.8. The van der Waals surface area contributed by atoms with E-state index >= 15 is 0 Å². The fourth-order valence-electron chi connectivity index (χ4n) is 8.77. The summed E-state index contributed by atoms with van der Waals surface area (Å²) in [5.74, 6) is 1.07. The van der Waals surface area contributed by atoms with Crippen molar-refractivity contribution < 1.29 is 23.8 Å². The zero-order valence-corrected chi connectivity index (χ0v) is 32.3. The highest BCUT2D eigenvalue weighted by atomic mass is 35.5. The van der Waals surface area contributed by atoms with Gasteiger partial charge < -0.3 is 28.9 Å². The molecule has 3 fully saturated rings. The maximum absolute atomic E-state index is 11.7. The van der Waals surface area contributed by atoms with Crippen LogP contribution in [0.1, 0.15) is 54.0 Å². The molecule has 0 bridgehead atoms. The number of aromatic nitrogens is 3. The lowest BCUT2D eigenvalue weighted by Crippen LogP contribution is -2.67. The molecule has 3 aliphatic heterocycles. The number of nitrogens with one attached hydrogen (secondary N) is 2. The highest BCUT2D eigenvalue weighted by molar-refractivity contribution is 6.36. The Balaban J connectivity index is 0.960. The number of aliphatic hydroxyl groups is 1. The number of nitrogens with zero attached hydrogens (tertiary/aromatic N) is 6. The number of halogens is 2. The Kier molecular flexibility index (Phi) is 9.50. The first-order valence-corrected chi connectivity index (χ1v) is 19.6. The molecule has 5 aromatic rings. The van der Waals surface area contributed by atoms with Gasteiger partial charge in [-0.25, -0.2) is 4.98 Å². The number of pyridine rings is 2. The van der Waals surface area contributed by atoms with Crippen molar-refractivity contribution in [3.63, 3.8) is 0 Å². The highest BCUT2D eigenvalue weighted by Crippen LogP contribution is 2.45. The van der Waals surface area contributed by atoms with E-state index in [1.807, 2.05) is 42.5 Å². The zero-order valence-electron chi connectivity index (χ0n) is 30.8. The molecule has 2 aromatic carbocycles. The van der Waals surface area contributed by atoms with Crippen LogP contribution in [0.15, 0.2) is 53.1 Å². The van der Waals surface area contributed by atoms with Gasteiger partial charge in [0.25, 0.3) is 0 Å². The molecule has 56 heavy (non-hydrogen) atoms. The van der Waals surface area contributed by atoms with Crippen LogP contribution in [0.5, 0.6) is 11.8 Å². The molecule has 288 valence electrons. The van der Waals surface area contributed by atoms with Crippen LogP contribution in [0.3, 0.4) is 0 Å². The molecule has 2 atom stereocenters. The second-order valence-corrected chi connectivity index (χ2v) is 16.0. The number of amides is 1. The fraction of sp³-hybridized carbons (Fsp3) is 0.390. The van der Waals surface area contributed by atoms with E-state index in [-0.39, 0.29) is 51.7 Å². The SMILES string of the molecule is COc1nc(O[C@H]2CCc3c(-c4cccc(-c5nc6c(=N)n(CCN7CC8(CCC(=O)N8)C7)cc(C#N)c6o5)c4Cl)cccc32)c(Cl)cc1CN1CC[C@@H](O)C1. The molecule has 13 nitrogen and oxygen atoms in total. The minimum atomic E-state index is -0.328. The Hall–Kier alpha value is -4.97. The number of hydrogen-bond donors (Lipinski definition) is 3. The second kappa shape index (κ2) is 14.5. The Bertz CT molecular complexity index is 2490. The third-order valence-corrected chi connectivity index (χ3v) is 12.2. The van der Waals surface area contributed by atoms with E-state index in [1.54, 1.807) is 17.9 Å². The highest BCUT2D eigenvalue weighted by Gasteiger charge is 2.47. The molecular weight excluding hydrogens is 755 g/mol. The smallest absolute Gasteiger partial charge is 0.236 e. The number of fused-ring (bicyclic) bond motifs is 2. The minimum Gasteiger partial charge on any atom is -0.481 e. The predicted molar refractivity (Wildman–Crippen MR) is 208 cm³/mol. The van der Waals surface area contributed by atoms with Gasteiger partial charge in [0.15, 0.2) is 16.6 Å². The van der Waals surface area contributed by atoms with Gasteiger partial charge in [-0.2, -0.15) is 10.2 Å². The third-order valence-electron chi connectivity index (χ3n) is 11.5. The number of oxazole rings is 1. The van der Waals surface area contributed by atoms with Crippen molar-refractivity contribution in [2.45, 2.75) is 62.9 Å². The van der Waals surface area contributed by atoms with Gasteiger partial charge in [0.1, 0.15) is 22.8 Å². The summed E-state index contributed by atoms with van der Waals surface area (Å²) in [5, 5.41) is 33.0. The molecule has 0 saturated carbocycles. The summed E-state index contributed by atoms with van der Waals surface area (Å²) >= 11 is 13.9. The molecule has 6 heterocycles. The molecule has 15 heteroatoms. The van der Waals surface area contributed by atoms with E-state index in [9.17, 15) is 15.2 Å². The van der Waals surface area contributed by atoms with Gasteiger partial charge in [-0.1, -0.05) is 53.5 Å². The summed E-state index contributed by atoms with van der Waals surface area (Å²) in [5.41, 5.74) is 6.10. The van der Waals surface area contributed by atoms with Crippen molar-refractivity contribution in [3.05, 3.63) is 86.4 Å². The van der Waals surface area contributed by atoms with E-state index in [1.165, 1.54) is 0 Å². The van der Waals surface area contributed by atoms with Crippen molar-refractivity contribution in [1.29, 1.82) is 10.7 Å². The van der Waals surface area contributed by atoms with Crippen LogP contribution in [0.2, 0.25) is 10.0 Å². The van der Waals surface area contributed by atoms with Crippen molar-refractivity contribution >= 4 is 40.2 Å². The first-order chi connectivity index (χ1) is 27.1. The van der Waals surface area contributed by atoms with Gasteiger partial charge in [-0.15, -0.1) is 0 Å². The maximum atomic E-state index is 11.7. The van der Waals surface area contributed by atoms with E-state index < -0.39 is 0 Å². The van der Waals surface area contributed by atoms with Crippen LogP contribution in [0.4, 0.5) is 0 Å². The van der Waals surface area contributed by atoms with E-state index in [2.05, 4.69) is 26.2 Å². The summed E-state index contributed by atoms with van der Waals surface area (Å²) in [7, 11) is 1.58. The third kappa shape index (κ3) is 6.59. The maximum Gasteiger partial charge on any atom is 0.236 e. The number of methoxy groups -OCH3 is 1. The first-order valence-electron chi connectivity index (χ1n) is 18.9. The number of carbonyl (C=O) groups is 1. The number of aliphatic hydroxyl groups excluding tert-OH is 1. The number of benzene rings is 2. The van der Waals surface area contributed by atoms with Gasteiger partial charge >= 0.3 is 0 Å². The summed E-state index contributed by atoms with van der Waals surface area (Å²) in [6.45, 7) is 4.68. The average Bonchev–Trinajstić information content (AvgIpc) is 3.99. The quantitative estimate of drug-likeness (QED) is 0.162. The molecule has 3 N–H and O–H groups in total. The predicted octanol–water partition coefficient (Wildman–Crippen LogP) is 5.62. The number of hydrogen-bond acceptors (Lipinski definition) is 11. The molecule has 1 amide bonds. The Morgan fingerprint density at radius 3 is 2.62 bits per heavy atom. The summed E-state index contributed by atoms with van der Waals surface area (Å²) in [4.78, 5) is 25.5. The number of likely N-dealkylation sites (tertiary alicyclic amines) is 2. The van der Waals surface area contributed by atoms with Gasteiger partial charge in [0, 0.05) is 69.6 Å². The van der Waals surface area contributed by atoms with Crippen LogP contribution >= 0.6 is 23.2 Å². The Labute approximate surface area is 332 Å². The van der Waals surface area contributed by atoms with Crippen LogP contribution < -0.4 is 20.3 Å². The number of ether oxygens (including phenoxy) is 2. The van der Waals surface area contributed by atoms with Gasteiger partial charge in [0.2, 0.25) is 23.6 Å². The standard InChI is InChI=1S/C41H40Cl2N8O5/c1-54-38-23(18-49-13-11-25(52)20-49)16-31(42)40(47-38)55-32-9-8-27-26(4-2-5-28(27)32)29-6-3-7-30(34(29)43)39-46-35-36(56-39)24(17-44)19-51(37(35)45)15-14-50-21-41(22-50)12-10-33(53)48-41/h2-7,16,19,25,32,45,52H,8-15,18,20-22H2,1H3,(H,48,53)/t25-,32+/m1/s1. The number of nitriles is 1. The largest absolute Gasteiger partial charge is 0.481 e. The molecule has 0 radical (unpaired) electrons. The molecule has 4 aliphatic rings.